The van der Waals surface area contributed by atoms with E-state index < -0.39 is 11.6 Å². The summed E-state index contributed by atoms with van der Waals surface area (Å²) >= 11 is 0. The molecule has 0 atom stereocenters. The van der Waals surface area contributed by atoms with Crippen molar-refractivity contribution in [3.05, 3.63) is 59.5 Å². The van der Waals surface area contributed by atoms with Crippen LogP contribution in [0, 0.1) is 0 Å². The van der Waals surface area contributed by atoms with Crippen molar-refractivity contribution in [3.63, 3.8) is 0 Å². The summed E-state index contributed by atoms with van der Waals surface area (Å²) in [5.41, 5.74) is 0.607. The Morgan fingerprint density at radius 2 is 1.65 bits per heavy atom. The van der Waals surface area contributed by atoms with E-state index in [9.17, 15) is 9.59 Å². The highest BCUT2D eigenvalue weighted by Crippen LogP contribution is 2.26. The number of hydrogen-bond acceptors (Lipinski definition) is 7. The Balaban J connectivity index is 2.05. The third-order valence-corrected chi connectivity index (χ3v) is 3.33. The lowest BCUT2D eigenvalue weighted by atomic mass is 9.99. The second kappa shape index (κ2) is 5.88. The molecule has 7 nitrogen and oxygen atoms in total. The fourth-order valence-corrected chi connectivity index (χ4v) is 2.27. The SMILES string of the molecule is COC1=C(Nc2cccc(OC)c2)C(=O)c2nccnc2C1=O. The number of rotatable bonds is 4. The molecule has 1 heterocycles. The summed E-state index contributed by atoms with van der Waals surface area (Å²) in [7, 11) is 2.87. The first-order chi connectivity index (χ1) is 11.2. The fraction of sp³-hybridized carbons (Fsp3) is 0.125. The summed E-state index contributed by atoms with van der Waals surface area (Å²) in [5.74, 6) is -0.414. The molecule has 116 valence electrons. The predicted octanol–water partition coefficient (Wildman–Crippen LogP) is 1.83. The van der Waals surface area contributed by atoms with Crippen LogP contribution in [0.2, 0.25) is 0 Å². The van der Waals surface area contributed by atoms with Crippen molar-refractivity contribution in [2.45, 2.75) is 0 Å². The predicted molar refractivity (Wildman–Crippen MR) is 81.3 cm³/mol. The van der Waals surface area contributed by atoms with Crippen LogP contribution >= 0.6 is 0 Å². The molecule has 3 rings (SSSR count). The van der Waals surface area contributed by atoms with E-state index in [4.69, 9.17) is 9.47 Å². The molecule has 7 heteroatoms. The molecule has 0 unspecified atom stereocenters. The first kappa shape index (κ1) is 14.7. The van der Waals surface area contributed by atoms with Crippen molar-refractivity contribution in [2.24, 2.45) is 0 Å². The maximum Gasteiger partial charge on any atom is 0.250 e. The second-order valence-corrected chi connectivity index (χ2v) is 4.68. The van der Waals surface area contributed by atoms with Gasteiger partial charge in [0.1, 0.15) is 22.8 Å². The van der Waals surface area contributed by atoms with Crippen molar-refractivity contribution >= 4 is 17.3 Å². The zero-order valence-electron chi connectivity index (χ0n) is 12.5. The van der Waals surface area contributed by atoms with E-state index in [1.807, 2.05) is 0 Å². The third kappa shape index (κ3) is 2.52. The zero-order chi connectivity index (χ0) is 16.4. The molecule has 23 heavy (non-hydrogen) atoms. The smallest absolute Gasteiger partial charge is 0.250 e. The highest BCUT2D eigenvalue weighted by atomic mass is 16.5. The van der Waals surface area contributed by atoms with Crippen LogP contribution < -0.4 is 10.1 Å². The molecular formula is C16H13N3O4. The van der Waals surface area contributed by atoms with Crippen LogP contribution in [0.15, 0.2) is 48.1 Å². The molecule has 0 fully saturated rings. The van der Waals surface area contributed by atoms with Gasteiger partial charge in [-0.1, -0.05) is 6.07 Å². The Hall–Kier alpha value is -3.22. The quantitative estimate of drug-likeness (QED) is 0.921. The molecule has 0 amide bonds. The molecule has 0 radical (unpaired) electrons. The van der Waals surface area contributed by atoms with Gasteiger partial charge in [-0.15, -0.1) is 0 Å². The minimum atomic E-state index is -0.486. The average molecular weight is 311 g/mol. The Labute approximate surface area is 132 Å². The molecule has 0 aliphatic heterocycles. The molecule has 0 bridgehead atoms. The first-order valence-electron chi connectivity index (χ1n) is 6.75. The fourth-order valence-electron chi connectivity index (χ4n) is 2.27. The molecule has 0 saturated carbocycles. The number of fused-ring (bicyclic) bond motifs is 1. The standard InChI is InChI=1S/C16H13N3O4/c1-22-10-5-3-4-9(8-10)19-13-14(20)11-12(18-7-6-17-11)15(21)16(13)23-2/h3-8,19H,1-2H3. The number of hydrogen-bond donors (Lipinski definition) is 1. The van der Waals surface area contributed by atoms with Gasteiger partial charge in [0.2, 0.25) is 5.78 Å². The molecule has 1 aliphatic carbocycles. The molecule has 0 saturated heterocycles. The van der Waals surface area contributed by atoms with Gasteiger partial charge in [0.25, 0.3) is 5.78 Å². The number of carbonyl (C=O) groups is 2. The Morgan fingerprint density at radius 3 is 2.30 bits per heavy atom. The van der Waals surface area contributed by atoms with Crippen LogP contribution in [0.5, 0.6) is 5.75 Å². The summed E-state index contributed by atoms with van der Waals surface area (Å²) < 4.78 is 10.3. The molecule has 1 N–H and O–H groups in total. The number of ketones is 2. The van der Waals surface area contributed by atoms with Crippen LogP contribution in [0.3, 0.4) is 0 Å². The zero-order valence-corrected chi connectivity index (χ0v) is 12.5. The summed E-state index contributed by atoms with van der Waals surface area (Å²) in [4.78, 5) is 32.9. The highest BCUT2D eigenvalue weighted by Gasteiger charge is 2.35. The van der Waals surface area contributed by atoms with Gasteiger partial charge in [0.15, 0.2) is 5.76 Å². The minimum absolute atomic E-state index is 0.00342. The van der Waals surface area contributed by atoms with E-state index in [2.05, 4.69) is 15.3 Å². The van der Waals surface area contributed by atoms with E-state index in [0.717, 1.165) is 0 Å². The Bertz CT molecular complexity index is 830. The second-order valence-electron chi connectivity index (χ2n) is 4.68. The van der Waals surface area contributed by atoms with E-state index >= 15 is 0 Å². The number of nitrogens with one attached hydrogen (secondary N) is 1. The van der Waals surface area contributed by atoms with Gasteiger partial charge in [0.05, 0.1) is 14.2 Å². The maximum atomic E-state index is 12.6. The van der Waals surface area contributed by atoms with Crippen molar-refractivity contribution in [2.75, 3.05) is 19.5 Å². The molecule has 1 aromatic heterocycles. The molecule has 1 aromatic carbocycles. The van der Waals surface area contributed by atoms with Crippen molar-refractivity contribution in [1.82, 2.24) is 9.97 Å². The molecule has 0 spiro atoms. The van der Waals surface area contributed by atoms with Crippen molar-refractivity contribution < 1.29 is 19.1 Å². The third-order valence-electron chi connectivity index (χ3n) is 3.33. The van der Waals surface area contributed by atoms with Crippen molar-refractivity contribution in [3.8, 4) is 5.75 Å². The van der Waals surface area contributed by atoms with E-state index in [-0.39, 0.29) is 22.8 Å². The molecule has 2 aromatic rings. The Kier molecular flexibility index (Phi) is 3.76. The number of methoxy groups -OCH3 is 2. The van der Waals surface area contributed by atoms with Gasteiger partial charge < -0.3 is 14.8 Å². The van der Waals surface area contributed by atoms with Crippen LogP contribution in [0.25, 0.3) is 0 Å². The molecule has 1 aliphatic rings. The lowest BCUT2D eigenvalue weighted by molar-refractivity contribution is 0.0899. The number of allylic oxidation sites excluding steroid dienone is 2. The molecular weight excluding hydrogens is 298 g/mol. The number of carbonyl (C=O) groups excluding carboxylic acids is 2. The van der Waals surface area contributed by atoms with Gasteiger partial charge in [0, 0.05) is 24.1 Å². The van der Waals surface area contributed by atoms with Gasteiger partial charge in [-0.3, -0.25) is 9.59 Å². The largest absolute Gasteiger partial charge is 0.497 e. The number of benzene rings is 1. The Morgan fingerprint density at radius 1 is 0.957 bits per heavy atom. The van der Waals surface area contributed by atoms with Crippen molar-refractivity contribution in [1.29, 1.82) is 0 Å². The topological polar surface area (TPSA) is 90.4 Å². The first-order valence-corrected chi connectivity index (χ1v) is 6.75. The van der Waals surface area contributed by atoms with E-state index in [1.165, 1.54) is 19.5 Å². The van der Waals surface area contributed by atoms with Gasteiger partial charge >= 0.3 is 0 Å². The number of Topliss-reactive ketones (excluding diaryl/α,β-unsaturated/α-hetero) is 2. The minimum Gasteiger partial charge on any atom is -0.497 e. The summed E-state index contributed by atoms with van der Waals surface area (Å²) in [5, 5.41) is 2.91. The van der Waals surface area contributed by atoms with Crippen LogP contribution in [-0.4, -0.2) is 35.8 Å². The van der Waals surface area contributed by atoms with Crippen LogP contribution in [0.4, 0.5) is 5.69 Å². The summed E-state index contributed by atoms with van der Waals surface area (Å²) in [6.45, 7) is 0. The summed E-state index contributed by atoms with van der Waals surface area (Å²) in [6.07, 6.45) is 2.72. The van der Waals surface area contributed by atoms with Gasteiger partial charge in [-0.05, 0) is 12.1 Å². The van der Waals surface area contributed by atoms with Gasteiger partial charge in [-0.25, -0.2) is 9.97 Å². The lowest BCUT2D eigenvalue weighted by Crippen LogP contribution is -2.28. The van der Waals surface area contributed by atoms with E-state index in [1.54, 1.807) is 31.4 Å². The summed E-state index contributed by atoms with van der Waals surface area (Å²) in [6, 6.07) is 6.97. The average Bonchev–Trinajstić information content (AvgIpc) is 2.60. The maximum absolute atomic E-state index is 12.6. The van der Waals surface area contributed by atoms with E-state index in [0.29, 0.717) is 11.4 Å². The van der Waals surface area contributed by atoms with Gasteiger partial charge in [-0.2, -0.15) is 0 Å². The number of anilines is 1. The van der Waals surface area contributed by atoms with Crippen LogP contribution in [0.1, 0.15) is 21.0 Å². The normalized spacial score (nSPS) is 13.7. The number of ether oxygens (including phenoxy) is 2. The monoisotopic (exact) mass is 311 g/mol. The lowest BCUT2D eigenvalue weighted by Gasteiger charge is -2.19. The highest BCUT2D eigenvalue weighted by molar-refractivity contribution is 6.25. The number of aromatic nitrogens is 2. The van der Waals surface area contributed by atoms with Crippen LogP contribution in [-0.2, 0) is 4.74 Å². The number of nitrogens with zero attached hydrogens (tertiary/aromatic N) is 2.